The van der Waals surface area contributed by atoms with E-state index in [1.54, 1.807) is 12.5 Å². The zero-order valence-electron chi connectivity index (χ0n) is 15.9. The molecule has 0 aliphatic carbocycles. The van der Waals surface area contributed by atoms with Crippen LogP contribution in [-0.4, -0.2) is 29.5 Å². The third-order valence-corrected chi connectivity index (χ3v) is 4.77. The Morgan fingerprint density at radius 3 is 2.59 bits per heavy atom. The lowest BCUT2D eigenvalue weighted by Crippen LogP contribution is -2.07. The quantitative estimate of drug-likeness (QED) is 0.499. The lowest BCUT2D eigenvalue weighted by atomic mass is 10.1. The number of para-hydroxylation sites is 2. The summed E-state index contributed by atoms with van der Waals surface area (Å²) in [5.41, 5.74) is 4.88. The molecule has 5 aromatic rings. The van der Waals surface area contributed by atoms with E-state index in [1.165, 1.54) is 0 Å². The maximum atomic E-state index is 4.53. The predicted octanol–water partition coefficient (Wildman–Crippen LogP) is 3.92. The summed E-state index contributed by atoms with van der Waals surface area (Å²) in [6.07, 6.45) is 5.34. The average Bonchev–Trinajstić information content (AvgIpc) is 3.40. The van der Waals surface area contributed by atoms with E-state index in [9.17, 15) is 0 Å². The van der Waals surface area contributed by atoms with Gasteiger partial charge in [0.2, 0.25) is 0 Å². The van der Waals surface area contributed by atoms with E-state index < -0.39 is 0 Å². The molecule has 29 heavy (non-hydrogen) atoms. The monoisotopic (exact) mass is 381 g/mol. The molecule has 0 aliphatic rings. The van der Waals surface area contributed by atoms with Crippen LogP contribution in [0.4, 0.5) is 5.82 Å². The first kappa shape index (κ1) is 17.1. The molecule has 3 aromatic heterocycles. The minimum absolute atomic E-state index is 0.609. The van der Waals surface area contributed by atoms with Crippen LogP contribution in [0, 0.1) is 6.92 Å². The Hall–Kier alpha value is -4.00. The number of nitrogens with zero attached hydrogens (tertiary/aromatic N) is 6. The first-order valence-electron chi connectivity index (χ1n) is 9.38. The van der Waals surface area contributed by atoms with Crippen molar-refractivity contribution in [2.24, 2.45) is 0 Å². The number of benzene rings is 2. The molecule has 0 bridgehead atoms. The Balaban J connectivity index is 1.46. The number of nitrogens with one attached hydrogen (secondary N) is 1. The first-order valence-corrected chi connectivity index (χ1v) is 9.38. The zero-order chi connectivity index (χ0) is 19.6. The molecule has 2 aromatic carbocycles. The third kappa shape index (κ3) is 3.23. The van der Waals surface area contributed by atoms with E-state index in [1.807, 2.05) is 71.0 Å². The molecule has 0 unspecified atom stereocenters. The van der Waals surface area contributed by atoms with Gasteiger partial charge in [0.25, 0.3) is 0 Å². The van der Waals surface area contributed by atoms with Crippen LogP contribution in [0.3, 0.4) is 0 Å². The number of aryl methyl sites for hydroxylation is 1. The fraction of sp³-hybridized carbons (Fsp3) is 0.0909. The Kier molecular flexibility index (Phi) is 4.25. The second-order valence-electron chi connectivity index (χ2n) is 6.74. The molecule has 3 heterocycles. The molecule has 5 rings (SSSR count). The smallest absolute Gasteiger partial charge is 0.168 e. The molecule has 0 saturated heterocycles. The minimum Gasteiger partial charge on any atom is -0.365 e. The van der Waals surface area contributed by atoms with Gasteiger partial charge in [0, 0.05) is 12.7 Å². The van der Waals surface area contributed by atoms with Crippen LogP contribution < -0.4 is 5.32 Å². The van der Waals surface area contributed by atoms with E-state index in [2.05, 4.69) is 37.6 Å². The summed E-state index contributed by atoms with van der Waals surface area (Å²) >= 11 is 0. The summed E-state index contributed by atoms with van der Waals surface area (Å²) in [5.74, 6) is 0.753. The fourth-order valence-electron chi connectivity index (χ4n) is 3.36. The van der Waals surface area contributed by atoms with Crippen LogP contribution in [0.1, 0.15) is 11.3 Å². The summed E-state index contributed by atoms with van der Waals surface area (Å²) in [7, 11) is 0. The number of hydrogen-bond acceptors (Lipinski definition) is 5. The summed E-state index contributed by atoms with van der Waals surface area (Å²) in [4.78, 5) is 8.87. The van der Waals surface area contributed by atoms with E-state index in [0.717, 1.165) is 39.5 Å². The largest absolute Gasteiger partial charge is 0.365 e. The predicted molar refractivity (Wildman–Crippen MR) is 112 cm³/mol. The van der Waals surface area contributed by atoms with Crippen molar-refractivity contribution in [1.82, 2.24) is 29.5 Å². The zero-order valence-corrected chi connectivity index (χ0v) is 15.9. The summed E-state index contributed by atoms with van der Waals surface area (Å²) in [6, 6.07) is 20.1. The van der Waals surface area contributed by atoms with Gasteiger partial charge in [-0.3, -0.25) is 0 Å². The minimum atomic E-state index is 0.609. The molecule has 0 amide bonds. The molecule has 142 valence electrons. The number of aromatic nitrogens is 6. The SMILES string of the molecule is Cc1ccn(-c2ccccc2CNc2ncnc3c2cnn3-c2ccccc2)n1. The van der Waals surface area contributed by atoms with Gasteiger partial charge in [0.05, 0.1) is 28.7 Å². The van der Waals surface area contributed by atoms with Crippen molar-refractivity contribution in [3.8, 4) is 11.4 Å². The van der Waals surface area contributed by atoms with Crippen LogP contribution in [0.15, 0.2) is 79.4 Å². The van der Waals surface area contributed by atoms with Crippen LogP contribution in [0.25, 0.3) is 22.4 Å². The molecular weight excluding hydrogens is 362 g/mol. The fourth-order valence-corrected chi connectivity index (χ4v) is 3.36. The molecule has 0 atom stereocenters. The molecular formula is C22H19N7. The topological polar surface area (TPSA) is 73.5 Å². The van der Waals surface area contributed by atoms with Crippen molar-refractivity contribution in [2.75, 3.05) is 5.32 Å². The van der Waals surface area contributed by atoms with Gasteiger partial charge >= 0.3 is 0 Å². The molecule has 0 saturated carbocycles. The highest BCUT2D eigenvalue weighted by Crippen LogP contribution is 2.23. The van der Waals surface area contributed by atoms with Gasteiger partial charge in [-0.05, 0) is 36.8 Å². The van der Waals surface area contributed by atoms with E-state index in [-0.39, 0.29) is 0 Å². The lowest BCUT2D eigenvalue weighted by molar-refractivity contribution is 0.848. The molecule has 1 N–H and O–H groups in total. The van der Waals surface area contributed by atoms with Crippen LogP contribution in [0.2, 0.25) is 0 Å². The van der Waals surface area contributed by atoms with Gasteiger partial charge in [-0.1, -0.05) is 36.4 Å². The summed E-state index contributed by atoms with van der Waals surface area (Å²) in [6.45, 7) is 2.59. The van der Waals surface area contributed by atoms with Crippen molar-refractivity contribution >= 4 is 16.9 Å². The van der Waals surface area contributed by atoms with E-state index >= 15 is 0 Å². The number of rotatable bonds is 5. The van der Waals surface area contributed by atoms with Crippen molar-refractivity contribution < 1.29 is 0 Å². The van der Waals surface area contributed by atoms with E-state index in [4.69, 9.17) is 0 Å². The molecule has 0 radical (unpaired) electrons. The van der Waals surface area contributed by atoms with Crippen molar-refractivity contribution in [2.45, 2.75) is 13.5 Å². The van der Waals surface area contributed by atoms with Gasteiger partial charge in [-0.15, -0.1) is 0 Å². The lowest BCUT2D eigenvalue weighted by Gasteiger charge is -2.11. The summed E-state index contributed by atoms with van der Waals surface area (Å²) < 4.78 is 3.72. The van der Waals surface area contributed by atoms with Crippen molar-refractivity contribution in [3.05, 3.63) is 90.6 Å². The van der Waals surface area contributed by atoms with Gasteiger partial charge < -0.3 is 5.32 Å². The molecule has 0 spiro atoms. The average molecular weight is 381 g/mol. The number of fused-ring (bicyclic) bond motifs is 1. The van der Waals surface area contributed by atoms with Crippen LogP contribution in [-0.2, 0) is 6.54 Å². The van der Waals surface area contributed by atoms with Gasteiger partial charge in [-0.2, -0.15) is 10.2 Å². The Morgan fingerprint density at radius 2 is 1.76 bits per heavy atom. The van der Waals surface area contributed by atoms with Crippen molar-refractivity contribution in [1.29, 1.82) is 0 Å². The highest BCUT2D eigenvalue weighted by Gasteiger charge is 2.12. The maximum absolute atomic E-state index is 4.53. The third-order valence-electron chi connectivity index (χ3n) is 4.77. The standard InChI is InChI=1S/C22H19N7/c1-16-11-12-28(27-16)20-10-6-5-7-17(20)13-23-21-19-14-26-29(22(19)25-15-24-21)18-8-3-2-4-9-18/h2-12,14-15H,13H2,1H3,(H,23,24,25). The van der Waals surface area contributed by atoms with Gasteiger partial charge in [-0.25, -0.2) is 19.3 Å². The maximum Gasteiger partial charge on any atom is 0.168 e. The number of anilines is 1. The highest BCUT2D eigenvalue weighted by atomic mass is 15.3. The normalized spacial score (nSPS) is 11.1. The van der Waals surface area contributed by atoms with Gasteiger partial charge in [0.15, 0.2) is 5.65 Å². The van der Waals surface area contributed by atoms with Crippen molar-refractivity contribution in [3.63, 3.8) is 0 Å². The Morgan fingerprint density at radius 1 is 0.931 bits per heavy atom. The highest BCUT2D eigenvalue weighted by molar-refractivity contribution is 5.87. The number of hydrogen-bond donors (Lipinski definition) is 1. The molecule has 0 fully saturated rings. The van der Waals surface area contributed by atoms with Gasteiger partial charge in [0.1, 0.15) is 12.1 Å². The van der Waals surface area contributed by atoms with E-state index in [0.29, 0.717) is 6.54 Å². The summed E-state index contributed by atoms with van der Waals surface area (Å²) in [5, 5.41) is 13.4. The second-order valence-corrected chi connectivity index (χ2v) is 6.74. The Labute approximate surface area is 167 Å². The molecule has 0 aliphatic heterocycles. The Bertz CT molecular complexity index is 1270. The van der Waals surface area contributed by atoms with Crippen LogP contribution >= 0.6 is 0 Å². The first-order chi connectivity index (χ1) is 14.3. The van der Waals surface area contributed by atoms with Crippen LogP contribution in [0.5, 0.6) is 0 Å². The molecule has 7 heteroatoms. The second kappa shape index (κ2) is 7.20. The molecule has 7 nitrogen and oxygen atoms in total.